The van der Waals surface area contributed by atoms with Crippen LogP contribution in [0.4, 0.5) is 0 Å². The molecule has 1 saturated heterocycles. The molecule has 0 spiro atoms. The summed E-state index contributed by atoms with van der Waals surface area (Å²) < 4.78 is 0. The Labute approximate surface area is 135 Å². The predicted molar refractivity (Wildman–Crippen MR) is 90.8 cm³/mol. The Bertz CT molecular complexity index is 459. The van der Waals surface area contributed by atoms with Gasteiger partial charge in [0.25, 0.3) is 0 Å². The van der Waals surface area contributed by atoms with Crippen molar-refractivity contribution in [2.24, 2.45) is 11.8 Å². The molecule has 0 radical (unpaired) electrons. The number of carbonyl (C=O) groups excluding carboxylic acids is 1. The first-order valence-corrected chi connectivity index (χ1v) is 8.71. The van der Waals surface area contributed by atoms with Crippen molar-refractivity contribution in [1.29, 1.82) is 0 Å². The SMILES string of the molecule is Cc1ccc(C[NH+]2CCC(C(=O)NCCC(C)C)CC2)cc1. The van der Waals surface area contributed by atoms with Crippen LogP contribution in [0, 0.1) is 18.8 Å². The molecule has 1 amide bonds. The van der Waals surface area contributed by atoms with E-state index in [0.29, 0.717) is 5.92 Å². The van der Waals surface area contributed by atoms with E-state index < -0.39 is 0 Å². The van der Waals surface area contributed by atoms with Crippen molar-refractivity contribution in [3.05, 3.63) is 35.4 Å². The van der Waals surface area contributed by atoms with Crippen LogP contribution in [0.1, 0.15) is 44.2 Å². The summed E-state index contributed by atoms with van der Waals surface area (Å²) in [5.74, 6) is 1.16. The summed E-state index contributed by atoms with van der Waals surface area (Å²) in [6, 6.07) is 8.83. The summed E-state index contributed by atoms with van der Waals surface area (Å²) in [6.45, 7) is 10.6. The number of likely N-dealkylation sites (tertiary alicyclic amines) is 1. The first kappa shape index (κ1) is 17.0. The minimum atomic E-state index is 0.230. The van der Waals surface area contributed by atoms with Crippen LogP contribution in [-0.4, -0.2) is 25.5 Å². The van der Waals surface area contributed by atoms with Gasteiger partial charge < -0.3 is 10.2 Å². The van der Waals surface area contributed by atoms with Gasteiger partial charge in [-0.25, -0.2) is 0 Å². The summed E-state index contributed by atoms with van der Waals surface area (Å²) in [6.07, 6.45) is 3.12. The fourth-order valence-corrected chi connectivity index (χ4v) is 3.09. The molecular formula is C19H31N2O+. The van der Waals surface area contributed by atoms with Crippen LogP contribution >= 0.6 is 0 Å². The van der Waals surface area contributed by atoms with Crippen LogP contribution in [0.5, 0.6) is 0 Å². The fraction of sp³-hybridized carbons (Fsp3) is 0.632. The fourth-order valence-electron chi connectivity index (χ4n) is 3.09. The van der Waals surface area contributed by atoms with Crippen LogP contribution in [0.3, 0.4) is 0 Å². The number of nitrogens with one attached hydrogen (secondary N) is 2. The van der Waals surface area contributed by atoms with E-state index in [4.69, 9.17) is 0 Å². The third-order valence-corrected chi connectivity index (χ3v) is 4.66. The van der Waals surface area contributed by atoms with Crippen molar-refractivity contribution < 1.29 is 9.69 Å². The molecule has 3 heteroatoms. The maximum Gasteiger partial charge on any atom is 0.223 e. The van der Waals surface area contributed by atoms with Gasteiger partial charge in [0.2, 0.25) is 5.91 Å². The van der Waals surface area contributed by atoms with Gasteiger partial charge in [0.1, 0.15) is 6.54 Å². The van der Waals surface area contributed by atoms with Gasteiger partial charge in [0.05, 0.1) is 13.1 Å². The first-order chi connectivity index (χ1) is 10.5. The summed E-state index contributed by atoms with van der Waals surface area (Å²) in [5, 5.41) is 3.11. The third kappa shape index (κ3) is 5.45. The van der Waals surface area contributed by atoms with E-state index in [1.165, 1.54) is 11.1 Å². The molecule has 0 bridgehead atoms. The molecule has 22 heavy (non-hydrogen) atoms. The number of aryl methyl sites for hydroxylation is 1. The van der Waals surface area contributed by atoms with E-state index in [2.05, 4.69) is 50.4 Å². The molecule has 1 aliphatic heterocycles. The van der Waals surface area contributed by atoms with Crippen LogP contribution in [0.15, 0.2) is 24.3 Å². The monoisotopic (exact) mass is 303 g/mol. The van der Waals surface area contributed by atoms with Gasteiger partial charge in [0.15, 0.2) is 0 Å². The highest BCUT2D eigenvalue weighted by Gasteiger charge is 2.27. The molecule has 0 unspecified atom stereocenters. The van der Waals surface area contributed by atoms with Crippen LogP contribution < -0.4 is 10.2 Å². The lowest BCUT2D eigenvalue weighted by atomic mass is 9.95. The van der Waals surface area contributed by atoms with E-state index in [1.54, 1.807) is 4.90 Å². The Morgan fingerprint density at radius 3 is 2.45 bits per heavy atom. The van der Waals surface area contributed by atoms with Gasteiger partial charge in [-0.3, -0.25) is 4.79 Å². The zero-order valence-electron chi connectivity index (χ0n) is 14.3. The molecule has 1 heterocycles. The van der Waals surface area contributed by atoms with Crippen molar-refractivity contribution in [3.8, 4) is 0 Å². The Kier molecular flexibility index (Phi) is 6.44. The van der Waals surface area contributed by atoms with Crippen molar-refractivity contribution >= 4 is 5.91 Å². The molecule has 1 fully saturated rings. The Morgan fingerprint density at radius 1 is 1.23 bits per heavy atom. The molecule has 1 aromatic rings. The highest BCUT2D eigenvalue weighted by Crippen LogP contribution is 2.10. The maximum atomic E-state index is 12.2. The van der Waals surface area contributed by atoms with E-state index >= 15 is 0 Å². The first-order valence-electron chi connectivity index (χ1n) is 8.71. The minimum absolute atomic E-state index is 0.230. The number of piperidine rings is 1. The standard InChI is InChI=1S/C19H30N2O/c1-15(2)8-11-20-19(22)18-9-12-21(13-10-18)14-17-6-4-16(3)5-7-17/h4-7,15,18H,8-14H2,1-3H3,(H,20,22)/p+1. The van der Waals surface area contributed by atoms with Gasteiger partial charge in [-0.15, -0.1) is 0 Å². The van der Waals surface area contributed by atoms with Crippen molar-refractivity contribution in [2.75, 3.05) is 19.6 Å². The zero-order chi connectivity index (χ0) is 15.9. The normalized spacial score (nSPS) is 21.8. The number of carbonyl (C=O) groups is 1. The summed E-state index contributed by atoms with van der Waals surface area (Å²) in [4.78, 5) is 13.8. The average molecular weight is 303 g/mol. The number of hydrogen-bond donors (Lipinski definition) is 2. The van der Waals surface area contributed by atoms with E-state index in [1.807, 2.05) is 0 Å². The Hall–Kier alpha value is -1.35. The van der Waals surface area contributed by atoms with E-state index in [9.17, 15) is 4.79 Å². The quantitative estimate of drug-likeness (QED) is 0.827. The molecule has 2 N–H and O–H groups in total. The van der Waals surface area contributed by atoms with Crippen molar-refractivity contribution in [1.82, 2.24) is 5.32 Å². The zero-order valence-corrected chi connectivity index (χ0v) is 14.3. The second-order valence-corrected chi connectivity index (χ2v) is 7.16. The van der Waals surface area contributed by atoms with Crippen molar-refractivity contribution in [3.63, 3.8) is 0 Å². The molecule has 122 valence electrons. The molecule has 0 atom stereocenters. The highest BCUT2D eigenvalue weighted by molar-refractivity contribution is 5.78. The third-order valence-electron chi connectivity index (χ3n) is 4.66. The lowest BCUT2D eigenvalue weighted by molar-refractivity contribution is -0.919. The van der Waals surface area contributed by atoms with Gasteiger partial charge in [0, 0.05) is 30.9 Å². The van der Waals surface area contributed by atoms with Crippen LogP contribution in [-0.2, 0) is 11.3 Å². The van der Waals surface area contributed by atoms with E-state index in [-0.39, 0.29) is 11.8 Å². The number of hydrogen-bond acceptors (Lipinski definition) is 1. The van der Waals surface area contributed by atoms with Gasteiger partial charge in [-0.05, 0) is 19.3 Å². The molecule has 2 rings (SSSR count). The number of amides is 1. The van der Waals surface area contributed by atoms with Crippen molar-refractivity contribution in [2.45, 2.75) is 46.6 Å². The number of benzene rings is 1. The lowest BCUT2D eigenvalue weighted by Gasteiger charge is -2.28. The van der Waals surface area contributed by atoms with Gasteiger partial charge in [-0.1, -0.05) is 43.7 Å². The number of rotatable bonds is 6. The molecule has 3 nitrogen and oxygen atoms in total. The molecular weight excluding hydrogens is 272 g/mol. The lowest BCUT2D eigenvalue weighted by Crippen LogP contribution is -3.11. The molecule has 1 aliphatic rings. The van der Waals surface area contributed by atoms with Gasteiger partial charge >= 0.3 is 0 Å². The topological polar surface area (TPSA) is 33.5 Å². The minimum Gasteiger partial charge on any atom is -0.356 e. The molecule has 1 aromatic carbocycles. The Balaban J connectivity index is 1.71. The van der Waals surface area contributed by atoms with E-state index in [0.717, 1.165) is 45.4 Å². The average Bonchev–Trinajstić information content (AvgIpc) is 2.50. The van der Waals surface area contributed by atoms with Crippen LogP contribution in [0.25, 0.3) is 0 Å². The molecule has 0 aromatic heterocycles. The summed E-state index contributed by atoms with van der Waals surface area (Å²) in [7, 11) is 0. The summed E-state index contributed by atoms with van der Waals surface area (Å²) >= 11 is 0. The van der Waals surface area contributed by atoms with Crippen LogP contribution in [0.2, 0.25) is 0 Å². The molecule has 0 aliphatic carbocycles. The van der Waals surface area contributed by atoms with Gasteiger partial charge in [-0.2, -0.15) is 0 Å². The smallest absolute Gasteiger partial charge is 0.223 e. The maximum absolute atomic E-state index is 12.2. The predicted octanol–water partition coefficient (Wildman–Crippen LogP) is 1.95. The second-order valence-electron chi connectivity index (χ2n) is 7.16. The number of quaternary nitrogens is 1. The summed E-state index contributed by atoms with van der Waals surface area (Å²) in [5.41, 5.74) is 2.72. The second kappa shape index (κ2) is 8.33. The molecule has 0 saturated carbocycles. The highest BCUT2D eigenvalue weighted by atomic mass is 16.1. The Morgan fingerprint density at radius 2 is 1.86 bits per heavy atom. The largest absolute Gasteiger partial charge is 0.356 e.